The molecule has 3 saturated carbocycles. The molecule has 0 heterocycles. The number of alkyl halides is 3. The van der Waals surface area contributed by atoms with Crippen molar-refractivity contribution in [2.75, 3.05) is 0 Å². The zero-order chi connectivity index (χ0) is 22.8. The Labute approximate surface area is 179 Å². The third-order valence-electron chi connectivity index (χ3n) is 8.57. The number of esters is 2. The van der Waals surface area contributed by atoms with Crippen LogP contribution < -0.4 is 0 Å². The molecule has 0 aromatic rings. The zero-order valence-electron chi connectivity index (χ0n) is 18.1. The number of halogens is 3. The molecule has 4 aliphatic carbocycles. The predicted molar refractivity (Wildman–Crippen MR) is 104 cm³/mol. The van der Waals surface area contributed by atoms with Crippen molar-refractivity contribution in [1.82, 2.24) is 0 Å². The zero-order valence-corrected chi connectivity index (χ0v) is 18.1. The minimum absolute atomic E-state index is 0.0173. The molecule has 0 radical (unpaired) electrons. The van der Waals surface area contributed by atoms with Crippen LogP contribution >= 0.6 is 0 Å². The van der Waals surface area contributed by atoms with Crippen LogP contribution in [0.4, 0.5) is 13.2 Å². The second kappa shape index (κ2) is 7.34. The molecule has 0 N–H and O–H groups in total. The summed E-state index contributed by atoms with van der Waals surface area (Å²) >= 11 is 0. The standard InChI is InChI=1S/C23H29F3O5/c1-12(27)30-13-6-8-21(2)16-7-9-22(3)15(4-5-19(22)28)14(16)11-18(17(21)10-13)31-20(29)23(24,25)26/h10,13-16,18H,4-9,11H2,1-3H3/t13?,14-,15-,16+,18?,21+,22-/m0/s1. The van der Waals surface area contributed by atoms with Gasteiger partial charge in [-0.05, 0) is 73.3 Å². The molecule has 0 aromatic carbocycles. The normalized spacial score (nSPS) is 42.1. The first-order valence-corrected chi connectivity index (χ1v) is 11.1. The topological polar surface area (TPSA) is 69.7 Å². The first-order chi connectivity index (χ1) is 14.4. The number of hydrogen-bond acceptors (Lipinski definition) is 5. The lowest BCUT2D eigenvalue weighted by atomic mass is 9.47. The summed E-state index contributed by atoms with van der Waals surface area (Å²) in [5, 5.41) is 0. The molecular weight excluding hydrogens is 413 g/mol. The van der Waals surface area contributed by atoms with Crippen molar-refractivity contribution < 1.29 is 37.0 Å². The molecule has 31 heavy (non-hydrogen) atoms. The maximum atomic E-state index is 13.0. The van der Waals surface area contributed by atoms with E-state index >= 15 is 0 Å². The highest BCUT2D eigenvalue weighted by Gasteiger charge is 2.61. The summed E-state index contributed by atoms with van der Waals surface area (Å²) < 4.78 is 49.4. The van der Waals surface area contributed by atoms with Gasteiger partial charge in [0.25, 0.3) is 0 Å². The summed E-state index contributed by atoms with van der Waals surface area (Å²) in [6.07, 6.45) is -0.621. The Kier molecular flexibility index (Phi) is 5.29. The average molecular weight is 442 g/mol. The quantitative estimate of drug-likeness (QED) is 0.464. The molecule has 0 spiro atoms. The number of carbonyl (C=O) groups is 3. The van der Waals surface area contributed by atoms with Crippen molar-refractivity contribution in [2.24, 2.45) is 28.6 Å². The summed E-state index contributed by atoms with van der Waals surface area (Å²) in [6.45, 7) is 5.32. The minimum atomic E-state index is -5.08. The van der Waals surface area contributed by atoms with Crippen LogP contribution in [0, 0.1) is 28.6 Å². The molecule has 5 nitrogen and oxygen atoms in total. The molecule has 4 aliphatic rings. The predicted octanol–water partition coefficient (Wildman–Crippen LogP) is 4.53. The van der Waals surface area contributed by atoms with Gasteiger partial charge in [-0.3, -0.25) is 9.59 Å². The molecule has 172 valence electrons. The third kappa shape index (κ3) is 3.59. The Bertz CT molecular complexity index is 834. The van der Waals surface area contributed by atoms with E-state index < -0.39 is 41.2 Å². The number of Topliss-reactive ketones (excluding diaryl/α,β-unsaturated/α-hetero) is 1. The van der Waals surface area contributed by atoms with Gasteiger partial charge in [0, 0.05) is 18.8 Å². The molecule has 0 amide bonds. The Morgan fingerprint density at radius 1 is 1.03 bits per heavy atom. The average Bonchev–Trinajstić information content (AvgIpc) is 2.96. The summed E-state index contributed by atoms with van der Waals surface area (Å²) in [6, 6.07) is 0. The van der Waals surface area contributed by atoms with Gasteiger partial charge in [0.15, 0.2) is 0 Å². The van der Waals surface area contributed by atoms with Crippen LogP contribution in [0.5, 0.6) is 0 Å². The van der Waals surface area contributed by atoms with E-state index in [1.807, 2.05) is 13.8 Å². The number of ketones is 1. The van der Waals surface area contributed by atoms with E-state index in [4.69, 9.17) is 9.47 Å². The van der Waals surface area contributed by atoms with E-state index in [0.29, 0.717) is 24.8 Å². The first kappa shape index (κ1) is 22.3. The van der Waals surface area contributed by atoms with Crippen LogP contribution in [-0.4, -0.2) is 36.1 Å². The van der Waals surface area contributed by atoms with Gasteiger partial charge in [-0.25, -0.2) is 4.79 Å². The fourth-order valence-electron chi connectivity index (χ4n) is 7.10. The Balaban J connectivity index is 1.72. The maximum absolute atomic E-state index is 13.0. The number of rotatable bonds is 2. The summed E-state index contributed by atoms with van der Waals surface area (Å²) in [5.74, 6) is -2.11. The van der Waals surface area contributed by atoms with Crippen molar-refractivity contribution in [3.05, 3.63) is 11.6 Å². The molecule has 4 rings (SSSR count). The fraction of sp³-hybridized carbons (Fsp3) is 0.783. The highest BCUT2D eigenvalue weighted by atomic mass is 19.4. The lowest BCUT2D eigenvalue weighted by Gasteiger charge is -2.58. The molecule has 0 aliphatic heterocycles. The van der Waals surface area contributed by atoms with Crippen LogP contribution in [0.2, 0.25) is 0 Å². The van der Waals surface area contributed by atoms with Gasteiger partial charge >= 0.3 is 18.1 Å². The smallest absolute Gasteiger partial charge is 0.458 e. The van der Waals surface area contributed by atoms with Crippen molar-refractivity contribution in [3.8, 4) is 0 Å². The van der Waals surface area contributed by atoms with Gasteiger partial charge in [-0.1, -0.05) is 13.8 Å². The van der Waals surface area contributed by atoms with Gasteiger partial charge < -0.3 is 9.47 Å². The highest BCUT2D eigenvalue weighted by Crippen LogP contribution is 2.65. The van der Waals surface area contributed by atoms with Gasteiger partial charge in [0.1, 0.15) is 18.0 Å². The van der Waals surface area contributed by atoms with E-state index in [9.17, 15) is 27.6 Å². The van der Waals surface area contributed by atoms with Gasteiger partial charge in [-0.15, -0.1) is 0 Å². The minimum Gasteiger partial charge on any atom is -0.458 e. The van der Waals surface area contributed by atoms with Gasteiger partial charge in [-0.2, -0.15) is 13.2 Å². The maximum Gasteiger partial charge on any atom is 0.490 e. The second-order valence-electron chi connectivity index (χ2n) is 10.1. The van der Waals surface area contributed by atoms with Gasteiger partial charge in [0.05, 0.1) is 0 Å². The van der Waals surface area contributed by atoms with Crippen LogP contribution in [0.3, 0.4) is 0 Å². The largest absolute Gasteiger partial charge is 0.490 e. The second-order valence-corrected chi connectivity index (χ2v) is 10.1. The third-order valence-corrected chi connectivity index (χ3v) is 8.57. The van der Waals surface area contributed by atoms with E-state index in [1.54, 1.807) is 6.08 Å². The number of ether oxygens (including phenoxy) is 2. The van der Waals surface area contributed by atoms with E-state index in [1.165, 1.54) is 6.92 Å². The van der Waals surface area contributed by atoms with Crippen LogP contribution in [0.15, 0.2) is 11.6 Å². The fourth-order valence-corrected chi connectivity index (χ4v) is 7.10. The molecule has 7 atom stereocenters. The highest BCUT2D eigenvalue weighted by molar-refractivity contribution is 5.87. The summed E-state index contributed by atoms with van der Waals surface area (Å²) in [5.41, 5.74) is -0.258. The van der Waals surface area contributed by atoms with Crippen molar-refractivity contribution in [3.63, 3.8) is 0 Å². The summed E-state index contributed by atoms with van der Waals surface area (Å²) in [7, 11) is 0. The van der Waals surface area contributed by atoms with Crippen LogP contribution in [-0.2, 0) is 23.9 Å². The van der Waals surface area contributed by atoms with E-state index in [0.717, 1.165) is 19.3 Å². The molecule has 8 heteroatoms. The van der Waals surface area contributed by atoms with E-state index in [-0.39, 0.29) is 30.0 Å². The molecule has 2 unspecified atom stereocenters. The van der Waals surface area contributed by atoms with Crippen LogP contribution in [0.1, 0.15) is 65.7 Å². The van der Waals surface area contributed by atoms with E-state index in [2.05, 4.69) is 0 Å². The lowest BCUT2D eigenvalue weighted by Crippen LogP contribution is -2.55. The molecule has 0 saturated heterocycles. The molecule has 0 bridgehead atoms. The lowest BCUT2D eigenvalue weighted by molar-refractivity contribution is -0.207. The Morgan fingerprint density at radius 3 is 2.32 bits per heavy atom. The van der Waals surface area contributed by atoms with Crippen LogP contribution in [0.25, 0.3) is 0 Å². The van der Waals surface area contributed by atoms with Crippen molar-refractivity contribution in [1.29, 1.82) is 0 Å². The van der Waals surface area contributed by atoms with Gasteiger partial charge in [0.2, 0.25) is 0 Å². The Morgan fingerprint density at radius 2 is 1.68 bits per heavy atom. The molecular formula is C23H29F3O5. The number of hydrogen-bond donors (Lipinski definition) is 0. The molecule has 0 aromatic heterocycles. The summed E-state index contributed by atoms with van der Waals surface area (Å²) in [4.78, 5) is 35.8. The SMILES string of the molecule is CC(=O)OC1C=C2C(OC(=O)C(F)(F)F)C[C@@H]3[C@@H](CC[C@]4(C)C(=O)CC[C@@H]34)[C@@]2(C)CC1. The van der Waals surface area contributed by atoms with Crippen molar-refractivity contribution >= 4 is 17.7 Å². The van der Waals surface area contributed by atoms with Crippen molar-refractivity contribution in [2.45, 2.75) is 84.1 Å². The number of fused-ring (bicyclic) bond motifs is 5. The monoisotopic (exact) mass is 442 g/mol. The molecule has 3 fully saturated rings. The number of carbonyl (C=O) groups excluding carboxylic acids is 3. The Hall–Kier alpha value is -1.86. The first-order valence-electron chi connectivity index (χ1n) is 11.1.